The fourth-order valence-corrected chi connectivity index (χ4v) is 8.04. The van der Waals surface area contributed by atoms with Crippen LogP contribution in [0.25, 0.3) is 22.3 Å². The van der Waals surface area contributed by atoms with Crippen LogP contribution in [0.3, 0.4) is 0 Å². The number of nitrogens with zero attached hydrogens (tertiary/aromatic N) is 1. The molecule has 6 aromatic carbocycles. The molecule has 0 heterocycles. The van der Waals surface area contributed by atoms with Gasteiger partial charge in [0.05, 0.1) is 36.4 Å². The van der Waals surface area contributed by atoms with E-state index in [1.54, 1.807) is 12.1 Å². The second kappa shape index (κ2) is 11.1. The van der Waals surface area contributed by atoms with E-state index in [9.17, 15) is 9.59 Å². The number of methoxy groups -OCH3 is 2. The Balaban J connectivity index is 1.47. The number of rotatable bonds is 5. The SMILES string of the molecule is COC(=O)c1cc(Br)cc(C(=O)OC)c1N(c1ccccc1)c1ccc2c(c1)C1(c3ccccc3-c3ccccc31)c1ccccc1-2. The Labute approximate surface area is 281 Å². The maximum absolute atomic E-state index is 13.4. The van der Waals surface area contributed by atoms with Crippen molar-refractivity contribution in [1.29, 1.82) is 0 Å². The summed E-state index contributed by atoms with van der Waals surface area (Å²) in [7, 11) is 2.67. The fraction of sp³-hybridized carbons (Fsp3) is 0.0732. The summed E-state index contributed by atoms with van der Waals surface area (Å²) in [4.78, 5) is 28.8. The van der Waals surface area contributed by atoms with Gasteiger partial charge >= 0.3 is 11.9 Å². The molecule has 0 bridgehead atoms. The molecule has 6 heteroatoms. The van der Waals surface area contributed by atoms with Gasteiger partial charge in [-0.2, -0.15) is 0 Å². The third kappa shape index (κ3) is 4.14. The molecule has 0 radical (unpaired) electrons. The Morgan fingerprint density at radius 1 is 0.532 bits per heavy atom. The van der Waals surface area contributed by atoms with E-state index in [1.165, 1.54) is 47.6 Å². The van der Waals surface area contributed by atoms with E-state index in [4.69, 9.17) is 9.47 Å². The van der Waals surface area contributed by atoms with Crippen molar-refractivity contribution in [1.82, 2.24) is 0 Å². The van der Waals surface area contributed by atoms with Crippen molar-refractivity contribution in [3.63, 3.8) is 0 Å². The highest BCUT2D eigenvalue weighted by atomic mass is 79.9. The van der Waals surface area contributed by atoms with Crippen molar-refractivity contribution in [3.8, 4) is 22.3 Å². The molecule has 2 aliphatic rings. The molecule has 1 spiro atoms. The van der Waals surface area contributed by atoms with Gasteiger partial charge in [-0.1, -0.05) is 113 Å². The number of carbonyl (C=O) groups excluding carboxylic acids is 2. The summed E-state index contributed by atoms with van der Waals surface area (Å²) in [6, 6.07) is 45.5. The molecule has 0 aliphatic heterocycles. The van der Waals surface area contributed by atoms with E-state index in [2.05, 4.69) is 107 Å². The standard InChI is InChI=1S/C41H28BrNO4/c1-46-39(44)32-22-25(42)23-33(40(45)47-2)38(32)43(26-12-4-3-5-13-26)27-20-21-31-30-16-8-11-19-36(30)41(37(31)24-27)34-17-9-6-14-28(34)29-15-7-10-18-35(29)41/h3-24H,1-2H3. The van der Waals surface area contributed by atoms with E-state index in [0.717, 1.165) is 22.5 Å². The van der Waals surface area contributed by atoms with E-state index in [1.807, 2.05) is 35.2 Å². The summed E-state index contributed by atoms with van der Waals surface area (Å²) >= 11 is 3.50. The molecule has 0 fully saturated rings. The smallest absolute Gasteiger partial charge is 0.340 e. The summed E-state index contributed by atoms with van der Waals surface area (Å²) in [6.07, 6.45) is 0. The van der Waals surface area contributed by atoms with Gasteiger partial charge in [0.1, 0.15) is 0 Å². The molecule has 5 nitrogen and oxygen atoms in total. The molecule has 0 atom stereocenters. The van der Waals surface area contributed by atoms with Gasteiger partial charge in [-0.15, -0.1) is 0 Å². The zero-order chi connectivity index (χ0) is 32.3. The van der Waals surface area contributed by atoms with Crippen LogP contribution < -0.4 is 4.90 Å². The summed E-state index contributed by atoms with van der Waals surface area (Å²) < 4.78 is 11.1. The predicted molar refractivity (Wildman–Crippen MR) is 188 cm³/mol. The number of esters is 2. The summed E-state index contributed by atoms with van der Waals surface area (Å²) in [6.45, 7) is 0. The maximum atomic E-state index is 13.4. The number of anilines is 3. The molecule has 0 saturated carbocycles. The van der Waals surface area contributed by atoms with Crippen LogP contribution in [0, 0.1) is 0 Å². The maximum Gasteiger partial charge on any atom is 0.340 e. The summed E-state index contributed by atoms with van der Waals surface area (Å²) in [5.41, 5.74) is 11.4. The normalized spacial score (nSPS) is 12.9. The van der Waals surface area contributed by atoms with Crippen molar-refractivity contribution in [2.24, 2.45) is 0 Å². The number of halogens is 1. The molecule has 228 valence electrons. The number of ether oxygens (including phenoxy) is 2. The highest BCUT2D eigenvalue weighted by Gasteiger charge is 2.51. The average Bonchev–Trinajstić information content (AvgIpc) is 3.59. The molecule has 8 rings (SSSR count). The fourth-order valence-electron chi connectivity index (χ4n) is 7.58. The number of hydrogen-bond acceptors (Lipinski definition) is 5. The lowest BCUT2D eigenvalue weighted by Gasteiger charge is -2.33. The van der Waals surface area contributed by atoms with Gasteiger partial charge in [-0.05, 0) is 80.9 Å². The van der Waals surface area contributed by atoms with Crippen LogP contribution in [0.5, 0.6) is 0 Å². The van der Waals surface area contributed by atoms with Gasteiger partial charge in [0, 0.05) is 15.8 Å². The van der Waals surface area contributed by atoms with Crippen molar-refractivity contribution < 1.29 is 19.1 Å². The highest BCUT2D eigenvalue weighted by molar-refractivity contribution is 9.10. The molecule has 0 amide bonds. The van der Waals surface area contributed by atoms with Crippen LogP contribution >= 0.6 is 15.9 Å². The Hall–Kier alpha value is -5.46. The van der Waals surface area contributed by atoms with Gasteiger partial charge in [0.25, 0.3) is 0 Å². The van der Waals surface area contributed by atoms with Gasteiger partial charge in [0.2, 0.25) is 0 Å². The molecule has 6 aromatic rings. The predicted octanol–water partition coefficient (Wildman–Crippen LogP) is 9.84. The largest absolute Gasteiger partial charge is 0.465 e. The van der Waals surface area contributed by atoms with Crippen LogP contribution in [-0.4, -0.2) is 26.2 Å². The Kier molecular flexibility index (Phi) is 6.85. The molecule has 47 heavy (non-hydrogen) atoms. The lowest BCUT2D eigenvalue weighted by atomic mass is 9.70. The Bertz CT molecular complexity index is 2140. The van der Waals surface area contributed by atoms with Crippen molar-refractivity contribution in [2.75, 3.05) is 19.1 Å². The quantitative estimate of drug-likeness (QED) is 0.170. The molecule has 0 unspecified atom stereocenters. The average molecular weight is 679 g/mol. The molecule has 0 N–H and O–H groups in total. The van der Waals surface area contributed by atoms with Gasteiger partial charge in [-0.25, -0.2) is 9.59 Å². The lowest BCUT2D eigenvalue weighted by molar-refractivity contribution is 0.0601. The van der Waals surface area contributed by atoms with Gasteiger partial charge < -0.3 is 14.4 Å². The minimum Gasteiger partial charge on any atom is -0.465 e. The zero-order valence-corrected chi connectivity index (χ0v) is 27.2. The van der Waals surface area contributed by atoms with Gasteiger partial charge in [-0.3, -0.25) is 0 Å². The minimum atomic E-state index is -0.573. The second-order valence-corrected chi connectivity index (χ2v) is 12.5. The number of para-hydroxylation sites is 1. The van der Waals surface area contributed by atoms with E-state index in [0.29, 0.717) is 10.2 Å². The molecule has 2 aliphatic carbocycles. The molecular weight excluding hydrogens is 650 g/mol. The minimum absolute atomic E-state index is 0.223. The monoisotopic (exact) mass is 677 g/mol. The Morgan fingerprint density at radius 3 is 1.47 bits per heavy atom. The van der Waals surface area contributed by atoms with E-state index in [-0.39, 0.29) is 11.1 Å². The molecule has 0 saturated heterocycles. The zero-order valence-electron chi connectivity index (χ0n) is 25.7. The summed E-state index contributed by atoms with van der Waals surface area (Å²) in [5.74, 6) is -1.15. The number of carbonyl (C=O) groups is 2. The van der Waals surface area contributed by atoms with Crippen molar-refractivity contribution in [3.05, 3.63) is 171 Å². The second-order valence-electron chi connectivity index (χ2n) is 11.6. The van der Waals surface area contributed by atoms with E-state index < -0.39 is 17.4 Å². The van der Waals surface area contributed by atoms with Crippen molar-refractivity contribution >= 4 is 44.9 Å². The first-order valence-electron chi connectivity index (χ1n) is 15.3. The van der Waals surface area contributed by atoms with Gasteiger partial charge in [0.15, 0.2) is 0 Å². The van der Waals surface area contributed by atoms with Crippen LogP contribution in [-0.2, 0) is 14.9 Å². The first-order valence-corrected chi connectivity index (χ1v) is 16.1. The van der Waals surface area contributed by atoms with Crippen molar-refractivity contribution in [2.45, 2.75) is 5.41 Å². The number of hydrogen-bond donors (Lipinski definition) is 0. The number of benzene rings is 6. The molecule has 0 aromatic heterocycles. The third-order valence-corrected chi connectivity index (χ3v) is 9.82. The van der Waals surface area contributed by atoms with Crippen LogP contribution in [0.2, 0.25) is 0 Å². The van der Waals surface area contributed by atoms with Crippen LogP contribution in [0.4, 0.5) is 17.1 Å². The topological polar surface area (TPSA) is 55.8 Å². The highest BCUT2D eigenvalue weighted by Crippen LogP contribution is 2.63. The summed E-state index contributed by atoms with van der Waals surface area (Å²) in [5, 5.41) is 0. The lowest BCUT2D eigenvalue weighted by Crippen LogP contribution is -2.26. The van der Waals surface area contributed by atoms with Crippen LogP contribution in [0.15, 0.2) is 138 Å². The van der Waals surface area contributed by atoms with E-state index >= 15 is 0 Å². The molecular formula is C41H28BrNO4. The first-order chi connectivity index (χ1) is 23.0. The Morgan fingerprint density at radius 2 is 0.979 bits per heavy atom. The van der Waals surface area contributed by atoms with Crippen LogP contribution in [0.1, 0.15) is 43.0 Å². The third-order valence-electron chi connectivity index (χ3n) is 9.36. The number of fused-ring (bicyclic) bond motifs is 10. The first kappa shape index (κ1) is 29.0.